The quantitative estimate of drug-likeness (QED) is 0.706. The summed E-state index contributed by atoms with van der Waals surface area (Å²) in [5.74, 6) is 1.33. The molecule has 0 bridgehead atoms. The number of hydrogen-bond donors (Lipinski definition) is 1. The molecular weight excluding hydrogens is 258 g/mol. The normalized spacial score (nSPS) is 29.2. The van der Waals surface area contributed by atoms with Gasteiger partial charge in [0.05, 0.1) is 6.07 Å². The molecule has 0 aliphatic heterocycles. The first-order valence-electron chi connectivity index (χ1n) is 9.01. The van der Waals surface area contributed by atoms with Crippen LogP contribution in [0.2, 0.25) is 0 Å². The molecule has 2 aliphatic rings. The highest BCUT2D eigenvalue weighted by Gasteiger charge is 2.42. The molecule has 2 atom stereocenters. The Hall–Kier alpha value is -0.590. The van der Waals surface area contributed by atoms with E-state index in [4.69, 9.17) is 0 Å². The van der Waals surface area contributed by atoms with E-state index < -0.39 is 0 Å². The van der Waals surface area contributed by atoms with Crippen molar-refractivity contribution in [3.8, 4) is 6.07 Å². The molecule has 2 unspecified atom stereocenters. The molecular formula is C18H33N3. The lowest BCUT2D eigenvalue weighted by molar-refractivity contribution is 0.208. The van der Waals surface area contributed by atoms with Crippen molar-refractivity contribution in [3.63, 3.8) is 0 Å². The Labute approximate surface area is 131 Å². The van der Waals surface area contributed by atoms with Crippen molar-refractivity contribution >= 4 is 0 Å². The van der Waals surface area contributed by atoms with E-state index in [-0.39, 0.29) is 5.54 Å². The second kappa shape index (κ2) is 7.61. The van der Waals surface area contributed by atoms with Crippen LogP contribution in [-0.4, -0.2) is 36.1 Å². The number of nitrogens with one attached hydrogen (secondary N) is 1. The Morgan fingerprint density at radius 3 is 2.62 bits per heavy atom. The van der Waals surface area contributed by atoms with Gasteiger partial charge in [-0.1, -0.05) is 27.2 Å². The first-order valence-corrected chi connectivity index (χ1v) is 9.01. The fourth-order valence-electron chi connectivity index (χ4n) is 3.87. The Bertz CT molecular complexity index is 356. The SMILES string of the molecule is CCNC1(C#N)CCCC1CCN(CCC(C)C)C1CC1. The second-order valence-corrected chi connectivity index (χ2v) is 7.44. The summed E-state index contributed by atoms with van der Waals surface area (Å²) in [6, 6.07) is 3.47. The summed E-state index contributed by atoms with van der Waals surface area (Å²) in [4.78, 5) is 2.70. The van der Waals surface area contributed by atoms with Crippen molar-refractivity contribution in [1.29, 1.82) is 5.26 Å². The predicted molar refractivity (Wildman–Crippen MR) is 88.0 cm³/mol. The average molecular weight is 291 g/mol. The van der Waals surface area contributed by atoms with Gasteiger partial charge in [0.2, 0.25) is 0 Å². The number of rotatable bonds is 9. The van der Waals surface area contributed by atoms with Gasteiger partial charge >= 0.3 is 0 Å². The second-order valence-electron chi connectivity index (χ2n) is 7.44. The number of nitriles is 1. The summed E-state index contributed by atoms with van der Waals surface area (Å²) in [5.41, 5.74) is -0.234. The summed E-state index contributed by atoms with van der Waals surface area (Å²) in [6.45, 7) is 10.1. The van der Waals surface area contributed by atoms with Crippen molar-refractivity contribution < 1.29 is 0 Å². The highest BCUT2D eigenvalue weighted by atomic mass is 15.2. The third-order valence-electron chi connectivity index (χ3n) is 5.33. The average Bonchev–Trinajstić information content (AvgIpc) is 3.22. The zero-order chi connectivity index (χ0) is 15.3. The van der Waals surface area contributed by atoms with Crippen LogP contribution in [0.4, 0.5) is 0 Å². The van der Waals surface area contributed by atoms with Crippen LogP contribution in [-0.2, 0) is 0 Å². The van der Waals surface area contributed by atoms with Gasteiger partial charge in [0.25, 0.3) is 0 Å². The molecule has 0 heterocycles. The van der Waals surface area contributed by atoms with Crippen LogP contribution in [0.15, 0.2) is 0 Å². The monoisotopic (exact) mass is 291 g/mol. The minimum atomic E-state index is -0.234. The Kier molecular flexibility index (Phi) is 6.08. The third-order valence-corrected chi connectivity index (χ3v) is 5.33. The summed E-state index contributed by atoms with van der Waals surface area (Å²) in [7, 11) is 0. The molecule has 3 nitrogen and oxygen atoms in total. The van der Waals surface area contributed by atoms with Crippen molar-refractivity contribution in [2.24, 2.45) is 11.8 Å². The maximum Gasteiger partial charge on any atom is 0.109 e. The molecule has 0 radical (unpaired) electrons. The third kappa shape index (κ3) is 4.44. The van der Waals surface area contributed by atoms with Gasteiger partial charge in [-0.15, -0.1) is 0 Å². The van der Waals surface area contributed by atoms with Crippen molar-refractivity contribution in [1.82, 2.24) is 10.2 Å². The molecule has 0 aromatic rings. The van der Waals surface area contributed by atoms with E-state index in [9.17, 15) is 5.26 Å². The molecule has 0 spiro atoms. The van der Waals surface area contributed by atoms with E-state index >= 15 is 0 Å². The largest absolute Gasteiger partial charge is 0.300 e. The zero-order valence-electron chi connectivity index (χ0n) is 14.2. The van der Waals surface area contributed by atoms with Crippen LogP contribution in [0, 0.1) is 23.2 Å². The Morgan fingerprint density at radius 2 is 2.05 bits per heavy atom. The van der Waals surface area contributed by atoms with Crippen LogP contribution in [0.1, 0.15) is 65.7 Å². The molecule has 120 valence electrons. The van der Waals surface area contributed by atoms with Crippen molar-refractivity contribution in [3.05, 3.63) is 0 Å². The fourth-order valence-corrected chi connectivity index (χ4v) is 3.87. The molecule has 3 heteroatoms. The smallest absolute Gasteiger partial charge is 0.109 e. The van der Waals surface area contributed by atoms with Gasteiger partial charge in [0.15, 0.2) is 0 Å². The van der Waals surface area contributed by atoms with E-state index in [1.54, 1.807) is 0 Å². The summed E-state index contributed by atoms with van der Waals surface area (Å²) < 4.78 is 0. The molecule has 1 N–H and O–H groups in total. The summed E-state index contributed by atoms with van der Waals surface area (Å²) >= 11 is 0. The van der Waals surface area contributed by atoms with Gasteiger partial charge in [0.1, 0.15) is 5.54 Å². The minimum Gasteiger partial charge on any atom is -0.300 e. The van der Waals surface area contributed by atoms with Crippen LogP contribution in [0.5, 0.6) is 0 Å². The van der Waals surface area contributed by atoms with Gasteiger partial charge in [-0.3, -0.25) is 5.32 Å². The predicted octanol–water partition coefficient (Wildman–Crippen LogP) is 3.56. The van der Waals surface area contributed by atoms with E-state index in [1.165, 1.54) is 51.6 Å². The molecule has 0 amide bonds. The van der Waals surface area contributed by atoms with Gasteiger partial charge in [0, 0.05) is 6.04 Å². The van der Waals surface area contributed by atoms with Crippen molar-refractivity contribution in [2.45, 2.75) is 77.3 Å². The van der Waals surface area contributed by atoms with Crippen LogP contribution < -0.4 is 5.32 Å². The molecule has 2 rings (SSSR count). The molecule has 2 aliphatic carbocycles. The fraction of sp³-hybridized carbons (Fsp3) is 0.944. The molecule has 2 saturated carbocycles. The molecule has 0 saturated heterocycles. The maximum atomic E-state index is 9.65. The van der Waals surface area contributed by atoms with Gasteiger partial charge in [-0.2, -0.15) is 5.26 Å². The lowest BCUT2D eigenvalue weighted by Crippen LogP contribution is -2.47. The topological polar surface area (TPSA) is 39.1 Å². The highest BCUT2D eigenvalue weighted by Crippen LogP contribution is 2.38. The minimum absolute atomic E-state index is 0.234. The van der Waals surface area contributed by atoms with E-state index in [1.807, 2.05) is 0 Å². The van der Waals surface area contributed by atoms with Gasteiger partial charge in [-0.25, -0.2) is 0 Å². The molecule has 2 fully saturated rings. The lowest BCUT2D eigenvalue weighted by Gasteiger charge is -2.32. The van der Waals surface area contributed by atoms with Gasteiger partial charge in [-0.05, 0) is 70.0 Å². The Morgan fingerprint density at radius 1 is 1.29 bits per heavy atom. The number of nitrogens with zero attached hydrogens (tertiary/aromatic N) is 2. The Balaban J connectivity index is 1.86. The van der Waals surface area contributed by atoms with Crippen molar-refractivity contribution in [2.75, 3.05) is 19.6 Å². The molecule has 0 aromatic heterocycles. The van der Waals surface area contributed by atoms with Crippen LogP contribution >= 0.6 is 0 Å². The molecule has 0 aromatic carbocycles. The first-order chi connectivity index (χ1) is 10.1. The van der Waals surface area contributed by atoms with E-state index in [0.717, 1.165) is 24.9 Å². The first kappa shape index (κ1) is 16.8. The number of hydrogen-bond acceptors (Lipinski definition) is 3. The van der Waals surface area contributed by atoms with E-state index in [2.05, 4.69) is 37.1 Å². The molecule has 21 heavy (non-hydrogen) atoms. The zero-order valence-corrected chi connectivity index (χ0v) is 14.2. The summed E-state index contributed by atoms with van der Waals surface area (Å²) in [5, 5.41) is 13.2. The standard InChI is InChI=1S/C18H33N3/c1-4-20-18(14-19)11-5-6-16(18)10-13-21(17-7-8-17)12-9-15(2)3/h15-17,20H,4-13H2,1-3H3. The lowest BCUT2D eigenvalue weighted by atomic mass is 9.85. The highest BCUT2D eigenvalue weighted by molar-refractivity contribution is 5.14. The van der Waals surface area contributed by atoms with Gasteiger partial charge < -0.3 is 4.90 Å². The van der Waals surface area contributed by atoms with Crippen LogP contribution in [0.25, 0.3) is 0 Å². The summed E-state index contributed by atoms with van der Waals surface area (Å²) in [6.07, 6.45) is 8.74. The van der Waals surface area contributed by atoms with E-state index in [0.29, 0.717) is 5.92 Å². The van der Waals surface area contributed by atoms with Crippen LogP contribution in [0.3, 0.4) is 0 Å². The maximum absolute atomic E-state index is 9.65.